The highest BCUT2D eigenvalue weighted by Crippen LogP contribution is 2.27. The van der Waals surface area contributed by atoms with Crippen LogP contribution in [0.3, 0.4) is 0 Å². The molecule has 1 fully saturated rings. The lowest BCUT2D eigenvalue weighted by molar-refractivity contribution is -0.145. The highest BCUT2D eigenvalue weighted by Gasteiger charge is 2.35. The number of rotatable bonds is 4. The number of aromatic nitrogens is 3. The fraction of sp³-hybridized carbons (Fsp3) is 0.412. The molecular formula is C17H17BrClF4N5O. The van der Waals surface area contributed by atoms with Gasteiger partial charge in [-0.25, -0.2) is 14.4 Å². The number of nitrogens with one attached hydrogen (secondary N) is 2. The van der Waals surface area contributed by atoms with Crippen molar-refractivity contribution in [3.8, 4) is 11.3 Å². The fourth-order valence-corrected chi connectivity index (χ4v) is 3.14. The predicted molar refractivity (Wildman–Crippen MR) is 103 cm³/mol. The first-order valence-corrected chi connectivity index (χ1v) is 9.16. The molecule has 12 heteroatoms. The maximum Gasteiger partial charge on any atom is 0.451 e. The van der Waals surface area contributed by atoms with Gasteiger partial charge in [0.1, 0.15) is 6.17 Å². The van der Waals surface area contributed by atoms with E-state index in [0.717, 1.165) is 12.4 Å². The molecular weight excluding hydrogens is 482 g/mol. The monoisotopic (exact) mass is 497 g/mol. The number of carbonyl (C=O) groups is 1. The second-order valence-corrected chi connectivity index (χ2v) is 7.29. The van der Waals surface area contributed by atoms with Crippen LogP contribution in [0.25, 0.3) is 11.3 Å². The van der Waals surface area contributed by atoms with Gasteiger partial charge in [0.25, 0.3) is 0 Å². The Morgan fingerprint density at radius 3 is 2.48 bits per heavy atom. The lowest BCUT2D eigenvalue weighted by atomic mass is 10.1. The first kappa shape index (κ1) is 23.4. The molecule has 2 N–H and O–H groups in total. The molecule has 0 aliphatic carbocycles. The quantitative estimate of drug-likeness (QED) is 0.632. The van der Waals surface area contributed by atoms with Crippen LogP contribution in [0.2, 0.25) is 0 Å². The normalized spacial score (nSPS) is 21.5. The van der Waals surface area contributed by atoms with Crippen molar-refractivity contribution in [2.45, 2.75) is 44.3 Å². The minimum absolute atomic E-state index is 0. The van der Waals surface area contributed by atoms with Crippen molar-refractivity contribution in [1.82, 2.24) is 25.6 Å². The number of hydrogen-bond donors (Lipinski definition) is 2. The summed E-state index contributed by atoms with van der Waals surface area (Å²) in [5.74, 6) is -1.56. The van der Waals surface area contributed by atoms with Gasteiger partial charge >= 0.3 is 6.18 Å². The van der Waals surface area contributed by atoms with Crippen molar-refractivity contribution in [2.75, 3.05) is 0 Å². The summed E-state index contributed by atoms with van der Waals surface area (Å²) >= 11 is 3.32. The minimum Gasteiger partial charge on any atom is -0.351 e. The molecule has 3 heterocycles. The van der Waals surface area contributed by atoms with Crippen LogP contribution in [0.1, 0.15) is 24.7 Å². The number of pyridine rings is 1. The van der Waals surface area contributed by atoms with Crippen LogP contribution in [0.15, 0.2) is 29.1 Å². The Morgan fingerprint density at radius 1 is 1.28 bits per heavy atom. The number of halogens is 6. The summed E-state index contributed by atoms with van der Waals surface area (Å²) < 4.78 is 51.9. The Kier molecular flexibility index (Phi) is 7.52. The molecule has 2 aromatic heterocycles. The summed E-state index contributed by atoms with van der Waals surface area (Å²) in [5, 5.41) is 5.61. The molecule has 158 valence electrons. The van der Waals surface area contributed by atoms with Gasteiger partial charge in [-0.15, -0.1) is 12.4 Å². The van der Waals surface area contributed by atoms with Crippen molar-refractivity contribution in [3.63, 3.8) is 0 Å². The molecule has 0 spiro atoms. The summed E-state index contributed by atoms with van der Waals surface area (Å²) in [6.45, 7) is 1.82. The van der Waals surface area contributed by atoms with Gasteiger partial charge in [0.05, 0.1) is 11.7 Å². The van der Waals surface area contributed by atoms with Gasteiger partial charge < -0.3 is 10.6 Å². The molecule has 1 saturated heterocycles. The van der Waals surface area contributed by atoms with Gasteiger partial charge in [-0.1, -0.05) is 0 Å². The molecule has 1 aliphatic heterocycles. The second kappa shape index (κ2) is 9.31. The van der Waals surface area contributed by atoms with Gasteiger partial charge in [0.15, 0.2) is 0 Å². The average molecular weight is 499 g/mol. The highest BCUT2D eigenvalue weighted by molar-refractivity contribution is 9.10. The lowest BCUT2D eigenvalue weighted by Gasteiger charge is -2.13. The smallest absolute Gasteiger partial charge is 0.351 e. The average Bonchev–Trinajstić information content (AvgIpc) is 2.99. The molecule has 0 radical (unpaired) electrons. The maximum atomic E-state index is 13.6. The molecule has 1 aliphatic rings. The topological polar surface area (TPSA) is 79.8 Å². The van der Waals surface area contributed by atoms with Crippen molar-refractivity contribution in [3.05, 3.63) is 40.5 Å². The van der Waals surface area contributed by atoms with E-state index in [4.69, 9.17) is 0 Å². The van der Waals surface area contributed by atoms with E-state index < -0.39 is 24.2 Å². The van der Waals surface area contributed by atoms with Crippen molar-refractivity contribution in [1.29, 1.82) is 0 Å². The zero-order valence-electron chi connectivity index (χ0n) is 15.0. The molecule has 0 bridgehead atoms. The molecule has 3 atom stereocenters. The Balaban J connectivity index is 0.00000300. The fourth-order valence-electron chi connectivity index (χ4n) is 2.79. The molecule has 1 amide bonds. The van der Waals surface area contributed by atoms with Crippen LogP contribution >= 0.6 is 28.3 Å². The van der Waals surface area contributed by atoms with E-state index in [9.17, 15) is 22.4 Å². The third kappa shape index (κ3) is 5.61. The molecule has 0 aromatic carbocycles. The van der Waals surface area contributed by atoms with Gasteiger partial charge in [-0.05, 0) is 34.5 Å². The molecule has 3 rings (SSSR count). The standard InChI is InChI=1S/C17H16BrF4N5O.ClH/c1-8-12(19)3-14(27-8)15(28)24-4-9-2-13(23-7-11(9)18)10-5-25-16(26-6-10)17(20,21)22;/h2,5-8,12,14,27H,3-4H2,1H3,(H,24,28);1H/t8-,12+,14-;/m0./s1. The second-order valence-electron chi connectivity index (χ2n) is 6.43. The summed E-state index contributed by atoms with van der Waals surface area (Å²) in [6.07, 6.45) is -2.03. The molecule has 2 aromatic rings. The number of alkyl halides is 4. The third-order valence-corrected chi connectivity index (χ3v) is 5.09. The SMILES string of the molecule is C[C@@H]1N[C@H](C(=O)NCc2cc(-c3cnc(C(F)(F)F)nc3)ncc2Br)C[C@H]1F.Cl. The van der Waals surface area contributed by atoms with Crippen LogP contribution in [-0.4, -0.2) is 39.1 Å². The number of amides is 1. The molecule has 6 nitrogen and oxygen atoms in total. The van der Waals surface area contributed by atoms with Crippen LogP contribution in [0, 0.1) is 0 Å². The van der Waals surface area contributed by atoms with Gasteiger partial charge in [-0.2, -0.15) is 13.2 Å². The largest absolute Gasteiger partial charge is 0.451 e. The van der Waals surface area contributed by atoms with E-state index in [2.05, 4.69) is 41.5 Å². The molecule has 0 saturated carbocycles. The Bertz CT molecular complexity index is 858. The van der Waals surface area contributed by atoms with E-state index in [0.29, 0.717) is 21.3 Å². The van der Waals surface area contributed by atoms with Crippen LogP contribution in [-0.2, 0) is 17.5 Å². The predicted octanol–water partition coefficient (Wildman–Crippen LogP) is 3.45. The first-order chi connectivity index (χ1) is 13.1. The highest BCUT2D eigenvalue weighted by atomic mass is 79.9. The minimum atomic E-state index is -4.62. The summed E-state index contributed by atoms with van der Waals surface area (Å²) in [4.78, 5) is 23.0. The Morgan fingerprint density at radius 2 is 1.93 bits per heavy atom. The summed E-state index contributed by atoms with van der Waals surface area (Å²) in [7, 11) is 0. The van der Waals surface area contributed by atoms with Crippen molar-refractivity contribution < 1.29 is 22.4 Å². The van der Waals surface area contributed by atoms with Crippen LogP contribution in [0.4, 0.5) is 17.6 Å². The van der Waals surface area contributed by atoms with E-state index in [1.165, 1.54) is 6.20 Å². The zero-order valence-corrected chi connectivity index (χ0v) is 17.4. The van der Waals surface area contributed by atoms with Crippen molar-refractivity contribution >= 4 is 34.2 Å². The van der Waals surface area contributed by atoms with Gasteiger partial charge in [0.2, 0.25) is 11.7 Å². The number of hydrogen-bond acceptors (Lipinski definition) is 5. The third-order valence-electron chi connectivity index (χ3n) is 4.37. The van der Waals surface area contributed by atoms with Gasteiger partial charge in [-0.3, -0.25) is 9.78 Å². The van der Waals surface area contributed by atoms with E-state index in [1.807, 2.05) is 0 Å². The van der Waals surface area contributed by atoms with E-state index >= 15 is 0 Å². The van der Waals surface area contributed by atoms with E-state index in [-0.39, 0.29) is 37.3 Å². The molecule has 0 unspecified atom stereocenters. The van der Waals surface area contributed by atoms with Crippen LogP contribution < -0.4 is 10.6 Å². The zero-order chi connectivity index (χ0) is 20.5. The Labute approximate surface area is 178 Å². The number of carbonyl (C=O) groups excluding carboxylic acids is 1. The molecule has 29 heavy (non-hydrogen) atoms. The Hall–Kier alpha value is -1.85. The van der Waals surface area contributed by atoms with Crippen LogP contribution in [0.5, 0.6) is 0 Å². The first-order valence-electron chi connectivity index (χ1n) is 8.37. The summed E-state index contributed by atoms with van der Waals surface area (Å²) in [6, 6.07) is 0.627. The summed E-state index contributed by atoms with van der Waals surface area (Å²) in [5.41, 5.74) is 1.32. The van der Waals surface area contributed by atoms with Crippen molar-refractivity contribution in [2.24, 2.45) is 0 Å². The van der Waals surface area contributed by atoms with E-state index in [1.54, 1.807) is 13.0 Å². The maximum absolute atomic E-state index is 13.6. The number of nitrogens with zero attached hydrogens (tertiary/aromatic N) is 3. The van der Waals surface area contributed by atoms with Gasteiger partial charge in [0, 0.05) is 47.6 Å². The lowest BCUT2D eigenvalue weighted by Crippen LogP contribution is -2.42.